The second-order valence-electron chi connectivity index (χ2n) is 7.37. The number of aromatic nitrogens is 1. The van der Waals surface area contributed by atoms with Gasteiger partial charge in [0, 0.05) is 23.7 Å². The second-order valence-corrected chi connectivity index (χ2v) is 7.37. The predicted molar refractivity (Wildman–Crippen MR) is 101 cm³/mol. The Morgan fingerprint density at radius 3 is 2.52 bits per heavy atom. The number of H-pyrrole nitrogens is 1. The highest BCUT2D eigenvalue weighted by Gasteiger charge is 2.32. The normalized spacial score (nSPS) is 15.0. The molecule has 0 fully saturated rings. The average molecular weight is 370 g/mol. The van der Waals surface area contributed by atoms with Crippen LogP contribution in [0.25, 0.3) is 0 Å². The van der Waals surface area contributed by atoms with E-state index in [-0.39, 0.29) is 16.8 Å². The van der Waals surface area contributed by atoms with Crippen molar-refractivity contribution >= 4 is 17.4 Å². The number of Topliss-reactive ketones (excluding diaryl/α,β-unsaturated/α-hetero) is 1. The fourth-order valence-corrected chi connectivity index (χ4v) is 3.30. The van der Waals surface area contributed by atoms with Gasteiger partial charge in [-0.1, -0.05) is 13.8 Å². The van der Waals surface area contributed by atoms with Crippen LogP contribution in [0, 0.1) is 5.41 Å². The van der Waals surface area contributed by atoms with Crippen LogP contribution < -0.4 is 20.3 Å². The van der Waals surface area contributed by atoms with Crippen molar-refractivity contribution in [3.8, 4) is 11.5 Å². The lowest BCUT2D eigenvalue weighted by Gasteiger charge is -2.29. The third-order valence-electron chi connectivity index (χ3n) is 4.62. The van der Waals surface area contributed by atoms with Crippen molar-refractivity contribution < 1.29 is 19.1 Å². The van der Waals surface area contributed by atoms with Crippen molar-refractivity contribution in [1.29, 1.82) is 0 Å². The van der Waals surface area contributed by atoms with Crippen LogP contribution in [0.2, 0.25) is 0 Å². The summed E-state index contributed by atoms with van der Waals surface area (Å²) in [6.45, 7) is 3.95. The second kappa shape index (κ2) is 6.90. The topological polar surface area (TPSA) is 97.5 Å². The van der Waals surface area contributed by atoms with Gasteiger partial charge in [0.2, 0.25) is 0 Å². The zero-order valence-corrected chi connectivity index (χ0v) is 15.8. The van der Waals surface area contributed by atoms with Crippen molar-refractivity contribution in [2.24, 2.45) is 5.41 Å². The molecular formula is C20H22N2O5. The summed E-state index contributed by atoms with van der Waals surface area (Å²) in [5.41, 5.74) is 0.482. The van der Waals surface area contributed by atoms with Crippen LogP contribution in [0.3, 0.4) is 0 Å². The summed E-state index contributed by atoms with van der Waals surface area (Å²) in [5.74, 6) is 0.257. The summed E-state index contributed by atoms with van der Waals surface area (Å²) >= 11 is 0. The molecule has 1 aliphatic rings. The summed E-state index contributed by atoms with van der Waals surface area (Å²) in [5, 5.41) is 2.66. The highest BCUT2D eigenvalue weighted by molar-refractivity contribution is 6.07. The van der Waals surface area contributed by atoms with E-state index in [0.717, 1.165) is 0 Å². The molecule has 1 aromatic heterocycles. The van der Waals surface area contributed by atoms with Gasteiger partial charge in [0.05, 0.1) is 19.9 Å². The van der Waals surface area contributed by atoms with Crippen molar-refractivity contribution in [3.63, 3.8) is 0 Å². The fourth-order valence-electron chi connectivity index (χ4n) is 3.30. The Hall–Kier alpha value is -3.09. The van der Waals surface area contributed by atoms with Crippen molar-refractivity contribution in [1.82, 2.24) is 4.98 Å². The molecule has 0 unspecified atom stereocenters. The van der Waals surface area contributed by atoms with Gasteiger partial charge in [-0.15, -0.1) is 0 Å². The number of methoxy groups -OCH3 is 2. The molecule has 7 nitrogen and oxygen atoms in total. The predicted octanol–water partition coefficient (Wildman–Crippen LogP) is 2.80. The van der Waals surface area contributed by atoms with Gasteiger partial charge in [0.15, 0.2) is 5.78 Å². The minimum absolute atomic E-state index is 0.0782. The lowest BCUT2D eigenvalue weighted by atomic mass is 9.75. The molecule has 0 radical (unpaired) electrons. The van der Waals surface area contributed by atoms with Crippen LogP contribution in [-0.2, 0) is 6.42 Å². The highest BCUT2D eigenvalue weighted by Crippen LogP contribution is 2.33. The number of hydrogen-bond acceptors (Lipinski definition) is 5. The maximum Gasteiger partial charge on any atom is 0.261 e. The first-order valence-electron chi connectivity index (χ1n) is 8.57. The summed E-state index contributed by atoms with van der Waals surface area (Å²) in [7, 11) is 2.98. The van der Waals surface area contributed by atoms with E-state index in [1.807, 2.05) is 13.8 Å². The van der Waals surface area contributed by atoms with E-state index in [2.05, 4.69) is 10.3 Å². The highest BCUT2D eigenvalue weighted by atomic mass is 16.5. The first-order valence-corrected chi connectivity index (χ1v) is 8.57. The molecule has 3 rings (SSSR count). The number of rotatable bonds is 4. The molecule has 2 N–H and O–H groups in total. The molecule has 0 spiro atoms. The molecule has 1 aromatic carbocycles. The Bertz CT molecular complexity index is 975. The smallest absolute Gasteiger partial charge is 0.261 e. The Kier molecular flexibility index (Phi) is 4.78. The van der Waals surface area contributed by atoms with Crippen LogP contribution in [0.4, 0.5) is 5.69 Å². The number of hydrogen-bond donors (Lipinski definition) is 2. The maximum atomic E-state index is 12.7. The van der Waals surface area contributed by atoms with E-state index >= 15 is 0 Å². The molecule has 1 amide bonds. The van der Waals surface area contributed by atoms with E-state index in [4.69, 9.17) is 9.47 Å². The minimum atomic E-state index is -0.622. The van der Waals surface area contributed by atoms with Gasteiger partial charge in [-0.05, 0) is 30.0 Å². The summed E-state index contributed by atoms with van der Waals surface area (Å²) in [6.07, 6.45) is 0.950. The van der Waals surface area contributed by atoms with E-state index < -0.39 is 11.5 Å². The van der Waals surface area contributed by atoms with E-state index in [9.17, 15) is 14.4 Å². The first kappa shape index (κ1) is 18.7. The van der Waals surface area contributed by atoms with Crippen molar-refractivity contribution in [2.75, 3.05) is 19.5 Å². The zero-order chi connectivity index (χ0) is 19.8. The van der Waals surface area contributed by atoms with Crippen molar-refractivity contribution in [2.45, 2.75) is 26.7 Å². The molecular weight excluding hydrogens is 348 g/mol. The number of pyridine rings is 1. The fraction of sp³-hybridized carbons (Fsp3) is 0.350. The van der Waals surface area contributed by atoms with E-state index in [1.54, 1.807) is 18.2 Å². The lowest BCUT2D eigenvalue weighted by Crippen LogP contribution is -2.32. The number of aromatic amines is 1. The van der Waals surface area contributed by atoms with Gasteiger partial charge in [-0.2, -0.15) is 0 Å². The monoisotopic (exact) mass is 370 g/mol. The number of carbonyl (C=O) groups excluding carboxylic acids is 2. The number of ketones is 1. The third kappa shape index (κ3) is 3.72. The zero-order valence-electron chi connectivity index (χ0n) is 15.8. The molecule has 7 heteroatoms. The molecule has 0 saturated heterocycles. The maximum absolute atomic E-state index is 12.7. The Morgan fingerprint density at radius 2 is 1.85 bits per heavy atom. The molecule has 0 aliphatic heterocycles. The number of ether oxygens (including phenoxy) is 2. The summed E-state index contributed by atoms with van der Waals surface area (Å²) < 4.78 is 10.4. The van der Waals surface area contributed by atoms with Gasteiger partial charge < -0.3 is 19.8 Å². The van der Waals surface area contributed by atoms with Gasteiger partial charge in [0.1, 0.15) is 17.1 Å². The molecule has 0 atom stereocenters. The van der Waals surface area contributed by atoms with Crippen LogP contribution in [0.15, 0.2) is 29.1 Å². The number of carbonyl (C=O) groups is 2. The van der Waals surface area contributed by atoms with Crippen molar-refractivity contribution in [3.05, 3.63) is 51.4 Å². The number of amides is 1. The number of anilines is 1. The third-order valence-corrected chi connectivity index (χ3v) is 4.62. The van der Waals surface area contributed by atoms with Gasteiger partial charge in [0.25, 0.3) is 11.5 Å². The minimum Gasteiger partial charge on any atom is -0.497 e. The Morgan fingerprint density at radius 1 is 1.11 bits per heavy atom. The number of nitrogens with one attached hydrogen (secondary N) is 2. The molecule has 0 bridgehead atoms. The van der Waals surface area contributed by atoms with E-state index in [1.165, 1.54) is 20.3 Å². The van der Waals surface area contributed by atoms with Crippen LogP contribution in [0.5, 0.6) is 11.5 Å². The Labute approximate surface area is 156 Å². The standard InChI is InChI=1S/C20H22N2O5/c1-20(2)9-15-12(16(23)10-20)8-13(19(25)22-15)18(24)21-14-7-11(26-3)5-6-17(14)27-4/h5-8H,9-10H2,1-4H3,(H,21,24)(H,22,25). The van der Waals surface area contributed by atoms with Crippen LogP contribution in [-0.4, -0.2) is 30.9 Å². The number of fused-ring (bicyclic) bond motifs is 1. The molecule has 27 heavy (non-hydrogen) atoms. The molecule has 0 saturated carbocycles. The quantitative estimate of drug-likeness (QED) is 0.862. The lowest BCUT2D eigenvalue weighted by molar-refractivity contribution is 0.0910. The molecule has 142 valence electrons. The average Bonchev–Trinajstić information content (AvgIpc) is 2.59. The van der Waals surface area contributed by atoms with Gasteiger partial charge in [-0.25, -0.2) is 0 Å². The molecule has 1 heterocycles. The van der Waals surface area contributed by atoms with Gasteiger partial charge in [-0.3, -0.25) is 14.4 Å². The first-order chi connectivity index (χ1) is 12.7. The number of benzene rings is 1. The van der Waals surface area contributed by atoms with Gasteiger partial charge >= 0.3 is 0 Å². The van der Waals surface area contributed by atoms with E-state index in [0.29, 0.717) is 41.3 Å². The largest absolute Gasteiger partial charge is 0.497 e. The SMILES string of the molecule is COc1ccc(OC)c(NC(=O)c2cc3c([nH]c2=O)CC(C)(C)CC3=O)c1. The molecule has 1 aliphatic carbocycles. The summed E-state index contributed by atoms with van der Waals surface area (Å²) in [6, 6.07) is 6.32. The molecule has 2 aromatic rings. The van der Waals surface area contributed by atoms with Crippen LogP contribution in [0.1, 0.15) is 46.7 Å². The van der Waals surface area contributed by atoms with Crippen LogP contribution >= 0.6 is 0 Å². The Balaban J connectivity index is 1.96. The summed E-state index contributed by atoms with van der Waals surface area (Å²) in [4.78, 5) is 40.3.